The van der Waals surface area contributed by atoms with Crippen molar-refractivity contribution in [3.63, 3.8) is 0 Å². The van der Waals surface area contributed by atoms with Crippen LogP contribution in [0.15, 0.2) is 84.9 Å². The Hall–Kier alpha value is -3.91. The monoisotopic (exact) mass is 384 g/mol. The maximum atomic E-state index is 12.6. The number of nitrogens with one attached hydrogen (secondary N) is 1. The third-order valence-electron chi connectivity index (χ3n) is 4.40. The third kappa shape index (κ3) is 5.78. The molecule has 5 nitrogen and oxygen atoms in total. The van der Waals surface area contributed by atoms with Crippen LogP contribution in [0.5, 0.6) is 0 Å². The van der Waals surface area contributed by atoms with E-state index in [0.717, 1.165) is 11.1 Å². The van der Waals surface area contributed by atoms with Crippen molar-refractivity contribution in [2.45, 2.75) is 19.1 Å². The predicted octanol–water partition coefficient (Wildman–Crippen LogP) is 4.16. The van der Waals surface area contributed by atoms with Gasteiger partial charge in [-0.15, -0.1) is 0 Å². The van der Waals surface area contributed by atoms with Gasteiger partial charge in [-0.2, -0.15) is 5.26 Å². The first kappa shape index (κ1) is 19.8. The van der Waals surface area contributed by atoms with Crippen molar-refractivity contribution in [3.8, 4) is 6.07 Å². The van der Waals surface area contributed by atoms with E-state index in [1.54, 1.807) is 48.5 Å². The molecule has 0 aliphatic heterocycles. The first-order valence-corrected chi connectivity index (χ1v) is 9.21. The lowest BCUT2D eigenvalue weighted by Crippen LogP contribution is -2.30. The summed E-state index contributed by atoms with van der Waals surface area (Å²) in [6.45, 7) is 0.110. The summed E-state index contributed by atoms with van der Waals surface area (Å²) in [5, 5.41) is 11.8. The van der Waals surface area contributed by atoms with Crippen LogP contribution in [0.3, 0.4) is 0 Å². The van der Waals surface area contributed by atoms with Crippen LogP contribution >= 0.6 is 0 Å². The summed E-state index contributed by atoms with van der Waals surface area (Å²) in [6.07, 6.45) is 0.0128. The molecular formula is C24H20N2O3. The zero-order valence-electron chi connectivity index (χ0n) is 15.7. The Balaban J connectivity index is 1.65. The van der Waals surface area contributed by atoms with E-state index in [1.807, 2.05) is 42.5 Å². The summed E-state index contributed by atoms with van der Waals surface area (Å²) >= 11 is 0. The van der Waals surface area contributed by atoms with E-state index in [4.69, 9.17) is 10.00 Å². The second-order valence-corrected chi connectivity index (χ2v) is 6.48. The molecule has 0 heterocycles. The number of carbonyl (C=O) groups excluding carboxylic acids is 2. The molecular weight excluding hydrogens is 364 g/mol. The fraction of sp³-hybridized carbons (Fsp3) is 0.125. The Labute approximate surface area is 169 Å². The summed E-state index contributed by atoms with van der Waals surface area (Å²) in [6, 6.07) is 26.6. The van der Waals surface area contributed by atoms with Crippen LogP contribution in [-0.2, 0) is 16.1 Å². The van der Waals surface area contributed by atoms with Crippen LogP contribution in [0.2, 0.25) is 0 Å². The van der Waals surface area contributed by atoms with Gasteiger partial charge in [0.1, 0.15) is 6.61 Å². The van der Waals surface area contributed by atoms with Crippen LogP contribution < -0.4 is 5.32 Å². The number of hydrogen-bond donors (Lipinski definition) is 1. The standard InChI is InChI=1S/C24H20N2O3/c25-16-18-11-13-19(14-12-18)17-29-23(27)15-22(20-7-3-1-4-8-20)26-24(28)21-9-5-2-6-10-21/h1-14,22H,15,17H2,(H,26,28)/t22-/m1/s1. The number of carbonyl (C=O) groups is 2. The van der Waals surface area contributed by atoms with Crippen LogP contribution in [0.4, 0.5) is 0 Å². The molecule has 0 aromatic heterocycles. The van der Waals surface area contributed by atoms with Crippen molar-refractivity contribution in [1.82, 2.24) is 5.32 Å². The number of amides is 1. The lowest BCUT2D eigenvalue weighted by Gasteiger charge is -2.19. The average Bonchev–Trinajstić information content (AvgIpc) is 2.78. The molecule has 0 fully saturated rings. The number of hydrogen-bond acceptors (Lipinski definition) is 4. The lowest BCUT2D eigenvalue weighted by molar-refractivity contribution is -0.145. The van der Waals surface area contributed by atoms with Crippen molar-refractivity contribution in [3.05, 3.63) is 107 Å². The molecule has 0 spiro atoms. The second kappa shape index (κ2) is 9.86. The summed E-state index contributed by atoms with van der Waals surface area (Å²) in [5.41, 5.74) is 2.70. The fourth-order valence-electron chi connectivity index (χ4n) is 2.83. The first-order chi connectivity index (χ1) is 14.2. The second-order valence-electron chi connectivity index (χ2n) is 6.48. The molecule has 0 aliphatic carbocycles. The third-order valence-corrected chi connectivity index (χ3v) is 4.40. The molecule has 144 valence electrons. The maximum absolute atomic E-state index is 12.6. The zero-order valence-corrected chi connectivity index (χ0v) is 15.7. The number of nitrogens with zero attached hydrogens (tertiary/aromatic N) is 1. The lowest BCUT2D eigenvalue weighted by atomic mass is 10.0. The smallest absolute Gasteiger partial charge is 0.308 e. The van der Waals surface area contributed by atoms with Crippen molar-refractivity contribution < 1.29 is 14.3 Å². The molecule has 3 rings (SSSR count). The molecule has 1 atom stereocenters. The molecule has 3 aromatic carbocycles. The number of esters is 1. The number of benzene rings is 3. The highest BCUT2D eigenvalue weighted by Crippen LogP contribution is 2.19. The Bertz CT molecular complexity index is 994. The van der Waals surface area contributed by atoms with E-state index in [1.165, 1.54) is 0 Å². The van der Waals surface area contributed by atoms with Crippen LogP contribution in [0.25, 0.3) is 0 Å². The molecule has 0 aliphatic rings. The van der Waals surface area contributed by atoms with Gasteiger partial charge in [0, 0.05) is 5.56 Å². The molecule has 0 radical (unpaired) electrons. The van der Waals surface area contributed by atoms with E-state index >= 15 is 0 Å². The number of nitriles is 1. The van der Waals surface area contributed by atoms with Gasteiger partial charge in [0.25, 0.3) is 5.91 Å². The van der Waals surface area contributed by atoms with E-state index in [9.17, 15) is 9.59 Å². The van der Waals surface area contributed by atoms with Crippen molar-refractivity contribution in [1.29, 1.82) is 5.26 Å². The predicted molar refractivity (Wildman–Crippen MR) is 109 cm³/mol. The van der Waals surface area contributed by atoms with Gasteiger partial charge in [-0.1, -0.05) is 60.7 Å². The van der Waals surface area contributed by atoms with Gasteiger partial charge in [-0.05, 0) is 35.4 Å². The Morgan fingerprint density at radius 1 is 0.897 bits per heavy atom. The Morgan fingerprint density at radius 2 is 1.52 bits per heavy atom. The minimum atomic E-state index is -0.502. The van der Waals surface area contributed by atoms with Gasteiger partial charge in [0.2, 0.25) is 0 Å². The fourth-order valence-corrected chi connectivity index (χ4v) is 2.83. The van der Waals surface area contributed by atoms with Gasteiger partial charge in [0.15, 0.2) is 0 Å². The average molecular weight is 384 g/mol. The first-order valence-electron chi connectivity index (χ1n) is 9.21. The van der Waals surface area contributed by atoms with Crippen molar-refractivity contribution >= 4 is 11.9 Å². The minimum absolute atomic E-state index is 0.0128. The minimum Gasteiger partial charge on any atom is -0.461 e. The largest absolute Gasteiger partial charge is 0.461 e. The molecule has 1 amide bonds. The van der Waals surface area contributed by atoms with Gasteiger partial charge < -0.3 is 10.1 Å². The SMILES string of the molecule is N#Cc1ccc(COC(=O)C[C@@H](NC(=O)c2ccccc2)c2ccccc2)cc1. The van der Waals surface area contributed by atoms with Crippen LogP contribution in [0, 0.1) is 11.3 Å². The molecule has 0 unspecified atom stereocenters. The van der Waals surface area contributed by atoms with Gasteiger partial charge in [-0.25, -0.2) is 0 Å². The quantitative estimate of drug-likeness (QED) is 0.620. The zero-order chi connectivity index (χ0) is 20.5. The van der Waals surface area contributed by atoms with Gasteiger partial charge in [-0.3, -0.25) is 9.59 Å². The van der Waals surface area contributed by atoms with E-state index in [-0.39, 0.29) is 18.9 Å². The molecule has 29 heavy (non-hydrogen) atoms. The molecule has 0 saturated carbocycles. The maximum Gasteiger partial charge on any atom is 0.308 e. The van der Waals surface area contributed by atoms with Crippen molar-refractivity contribution in [2.24, 2.45) is 0 Å². The van der Waals surface area contributed by atoms with Gasteiger partial charge >= 0.3 is 5.97 Å². The molecule has 5 heteroatoms. The molecule has 0 saturated heterocycles. The summed E-state index contributed by atoms with van der Waals surface area (Å²) in [4.78, 5) is 25.0. The van der Waals surface area contributed by atoms with Crippen LogP contribution in [0.1, 0.15) is 39.5 Å². The van der Waals surface area contributed by atoms with E-state index in [2.05, 4.69) is 5.32 Å². The Morgan fingerprint density at radius 3 is 2.14 bits per heavy atom. The number of ether oxygens (including phenoxy) is 1. The van der Waals surface area contributed by atoms with E-state index < -0.39 is 12.0 Å². The highest BCUT2D eigenvalue weighted by molar-refractivity contribution is 5.94. The normalized spacial score (nSPS) is 11.1. The highest BCUT2D eigenvalue weighted by Gasteiger charge is 2.20. The van der Waals surface area contributed by atoms with Crippen molar-refractivity contribution in [2.75, 3.05) is 0 Å². The van der Waals surface area contributed by atoms with Gasteiger partial charge in [0.05, 0.1) is 24.1 Å². The molecule has 3 aromatic rings. The number of rotatable bonds is 7. The topological polar surface area (TPSA) is 79.2 Å². The van der Waals surface area contributed by atoms with Crippen LogP contribution in [-0.4, -0.2) is 11.9 Å². The van der Waals surface area contributed by atoms with E-state index in [0.29, 0.717) is 11.1 Å². The summed E-state index contributed by atoms with van der Waals surface area (Å²) in [7, 11) is 0. The molecule has 1 N–H and O–H groups in total. The summed E-state index contributed by atoms with van der Waals surface area (Å²) in [5.74, 6) is -0.670. The highest BCUT2D eigenvalue weighted by atomic mass is 16.5. The Kier molecular flexibility index (Phi) is 6.75. The summed E-state index contributed by atoms with van der Waals surface area (Å²) < 4.78 is 5.37. The molecule has 0 bridgehead atoms.